The van der Waals surface area contributed by atoms with Gasteiger partial charge in [0.15, 0.2) is 6.04 Å². The number of amides is 1. The highest BCUT2D eigenvalue weighted by atomic mass is 35.5. The molecule has 2 atom stereocenters. The molecule has 0 saturated heterocycles. The fourth-order valence-corrected chi connectivity index (χ4v) is 3.36. The molecule has 0 saturated carbocycles. The minimum Gasteiger partial charge on any atom is -0.321 e. The fraction of sp³-hybridized carbons (Fsp3) is 0.235. The van der Waals surface area contributed by atoms with E-state index in [0.717, 1.165) is 28.0 Å². The number of benzene rings is 1. The number of anilines is 1. The summed E-state index contributed by atoms with van der Waals surface area (Å²) in [6.45, 7) is 7.21. The number of nitrogens with one attached hydrogen (secondary N) is 2. The summed E-state index contributed by atoms with van der Waals surface area (Å²) in [5.74, 6) is 0.00528. The highest BCUT2D eigenvalue weighted by molar-refractivity contribution is 7.16. The number of carbonyl (C=O) groups excluding carboxylic acids is 1. The molecule has 0 aliphatic heterocycles. The van der Waals surface area contributed by atoms with Crippen molar-refractivity contribution in [3.63, 3.8) is 0 Å². The van der Waals surface area contributed by atoms with Crippen LogP contribution in [0.4, 0.5) is 5.69 Å². The van der Waals surface area contributed by atoms with E-state index in [2.05, 4.69) is 11.9 Å². The van der Waals surface area contributed by atoms with Crippen LogP contribution in [-0.2, 0) is 11.3 Å². The minimum absolute atomic E-state index is 0.00528. The Balaban J connectivity index is 2.03. The minimum atomic E-state index is -0.181. The van der Waals surface area contributed by atoms with Gasteiger partial charge in [-0.15, -0.1) is 11.3 Å². The van der Waals surface area contributed by atoms with Crippen molar-refractivity contribution in [3.8, 4) is 0 Å². The van der Waals surface area contributed by atoms with Crippen LogP contribution in [0, 0.1) is 0 Å². The molecule has 0 bridgehead atoms. The first-order valence-electron chi connectivity index (χ1n) is 7.15. The first-order valence-corrected chi connectivity index (χ1v) is 8.35. The molecule has 2 rings (SSSR count). The van der Waals surface area contributed by atoms with E-state index >= 15 is 0 Å². The molecule has 0 fully saturated rings. The summed E-state index contributed by atoms with van der Waals surface area (Å²) in [6.07, 6.45) is 1.84. The highest BCUT2D eigenvalue weighted by Crippen LogP contribution is 2.20. The van der Waals surface area contributed by atoms with Crippen LogP contribution in [0.3, 0.4) is 0 Å². The number of hydrogen-bond acceptors (Lipinski definition) is 2. The number of para-hydroxylation sites is 1. The first-order chi connectivity index (χ1) is 10.6. The molecule has 22 heavy (non-hydrogen) atoms. The van der Waals surface area contributed by atoms with Crippen LogP contribution < -0.4 is 10.2 Å². The second kappa shape index (κ2) is 8.13. The van der Waals surface area contributed by atoms with E-state index in [1.54, 1.807) is 11.3 Å². The van der Waals surface area contributed by atoms with E-state index < -0.39 is 0 Å². The highest BCUT2D eigenvalue weighted by Gasteiger charge is 2.25. The van der Waals surface area contributed by atoms with Gasteiger partial charge in [-0.2, -0.15) is 0 Å². The lowest BCUT2D eigenvalue weighted by Gasteiger charge is -2.23. The van der Waals surface area contributed by atoms with Crippen LogP contribution in [-0.4, -0.2) is 18.5 Å². The maximum atomic E-state index is 12.4. The zero-order valence-electron chi connectivity index (χ0n) is 12.5. The monoisotopic (exact) mass is 335 g/mol. The largest absolute Gasteiger partial charge is 0.321 e. The normalized spacial score (nSPS) is 13.4. The van der Waals surface area contributed by atoms with Gasteiger partial charge >= 0.3 is 0 Å². The van der Waals surface area contributed by atoms with E-state index in [-0.39, 0.29) is 11.9 Å². The van der Waals surface area contributed by atoms with Crippen LogP contribution in [0.25, 0.3) is 0 Å². The summed E-state index contributed by atoms with van der Waals surface area (Å²) in [6, 6.07) is 13.2. The van der Waals surface area contributed by atoms with Crippen molar-refractivity contribution in [2.75, 3.05) is 11.9 Å². The molecular formula is C17H20ClN2OS+. The second-order valence-corrected chi connectivity index (χ2v) is 6.91. The van der Waals surface area contributed by atoms with Crippen LogP contribution in [0.2, 0.25) is 4.34 Å². The van der Waals surface area contributed by atoms with Gasteiger partial charge < -0.3 is 10.2 Å². The Bertz CT molecular complexity index is 627. The summed E-state index contributed by atoms with van der Waals surface area (Å²) >= 11 is 7.53. The van der Waals surface area contributed by atoms with Crippen molar-refractivity contribution in [3.05, 3.63) is 64.3 Å². The number of halogens is 1. The van der Waals surface area contributed by atoms with Gasteiger partial charge in [0.05, 0.1) is 15.8 Å². The molecule has 1 aromatic heterocycles. The maximum Gasteiger partial charge on any atom is 0.282 e. The van der Waals surface area contributed by atoms with Crippen molar-refractivity contribution < 1.29 is 9.69 Å². The van der Waals surface area contributed by atoms with Gasteiger partial charge in [0.25, 0.3) is 5.91 Å². The predicted octanol–water partition coefficient (Wildman–Crippen LogP) is 3.00. The Kier molecular flexibility index (Phi) is 6.19. The van der Waals surface area contributed by atoms with Gasteiger partial charge in [-0.25, -0.2) is 0 Å². The van der Waals surface area contributed by atoms with Crippen LogP contribution in [0.1, 0.15) is 11.8 Å². The van der Waals surface area contributed by atoms with Crippen molar-refractivity contribution in [2.24, 2.45) is 0 Å². The van der Waals surface area contributed by atoms with Crippen molar-refractivity contribution in [1.82, 2.24) is 0 Å². The number of rotatable bonds is 7. The number of hydrogen-bond donors (Lipinski definition) is 2. The van der Waals surface area contributed by atoms with Crippen LogP contribution in [0.15, 0.2) is 55.1 Å². The summed E-state index contributed by atoms with van der Waals surface area (Å²) in [5.41, 5.74) is 0.816. The van der Waals surface area contributed by atoms with E-state index in [1.807, 2.05) is 55.5 Å². The van der Waals surface area contributed by atoms with Crippen LogP contribution in [0.5, 0.6) is 0 Å². The average Bonchev–Trinajstić information content (AvgIpc) is 2.92. The third-order valence-corrected chi connectivity index (χ3v) is 4.71. The third-order valence-electron chi connectivity index (χ3n) is 3.48. The lowest BCUT2D eigenvalue weighted by Crippen LogP contribution is -3.15. The van der Waals surface area contributed by atoms with Crippen molar-refractivity contribution in [2.45, 2.75) is 19.5 Å². The van der Waals surface area contributed by atoms with Gasteiger partial charge in [0, 0.05) is 5.69 Å². The Morgan fingerprint density at radius 3 is 2.68 bits per heavy atom. The maximum absolute atomic E-state index is 12.4. The van der Waals surface area contributed by atoms with Crippen LogP contribution >= 0.6 is 22.9 Å². The quantitative estimate of drug-likeness (QED) is 0.749. The summed E-state index contributed by atoms with van der Waals surface area (Å²) in [7, 11) is 0. The zero-order chi connectivity index (χ0) is 15.9. The SMILES string of the molecule is C=CC[NH+](Cc1ccc(Cl)s1)[C@H](C)C(=O)Nc1ccccc1. The number of quaternary nitrogens is 1. The molecule has 0 spiro atoms. The van der Waals surface area contributed by atoms with E-state index in [4.69, 9.17) is 11.6 Å². The molecule has 2 aromatic rings. The van der Waals surface area contributed by atoms with E-state index in [0.29, 0.717) is 0 Å². The predicted molar refractivity (Wildman–Crippen MR) is 93.6 cm³/mol. The van der Waals surface area contributed by atoms with Gasteiger partial charge in [-0.1, -0.05) is 36.4 Å². The molecule has 1 heterocycles. The summed E-state index contributed by atoms with van der Waals surface area (Å²) in [4.78, 5) is 14.7. The standard InChI is InChI=1S/C17H19ClN2OS/c1-3-11-20(12-15-9-10-16(18)22-15)13(2)17(21)19-14-7-5-4-6-8-14/h3-10,13H,1,11-12H2,2H3,(H,19,21)/p+1/t13-/m1/s1. The molecule has 0 radical (unpaired) electrons. The fourth-order valence-electron chi connectivity index (χ4n) is 2.22. The van der Waals surface area contributed by atoms with Gasteiger partial charge in [0.1, 0.15) is 6.54 Å². The topological polar surface area (TPSA) is 33.5 Å². The van der Waals surface area contributed by atoms with Gasteiger partial charge in [-0.3, -0.25) is 4.79 Å². The summed E-state index contributed by atoms with van der Waals surface area (Å²) in [5, 5.41) is 2.95. The van der Waals surface area contributed by atoms with Gasteiger partial charge in [-0.05, 0) is 37.3 Å². The van der Waals surface area contributed by atoms with E-state index in [9.17, 15) is 4.79 Å². The van der Waals surface area contributed by atoms with E-state index in [1.165, 1.54) is 4.88 Å². The first kappa shape index (κ1) is 16.7. The molecule has 0 aliphatic rings. The Morgan fingerprint density at radius 2 is 2.09 bits per heavy atom. The summed E-state index contributed by atoms with van der Waals surface area (Å²) < 4.78 is 0.773. The number of thiophene rings is 1. The number of carbonyl (C=O) groups is 1. The molecule has 1 unspecified atom stereocenters. The molecule has 116 valence electrons. The van der Waals surface area contributed by atoms with Crippen molar-refractivity contribution in [1.29, 1.82) is 0 Å². The molecule has 1 amide bonds. The average molecular weight is 336 g/mol. The van der Waals surface area contributed by atoms with Gasteiger partial charge in [0.2, 0.25) is 0 Å². The molecule has 2 N–H and O–H groups in total. The Hall–Kier alpha value is -1.62. The van der Waals surface area contributed by atoms with Crippen molar-refractivity contribution >= 4 is 34.5 Å². The lowest BCUT2D eigenvalue weighted by molar-refractivity contribution is -0.921. The molecular weight excluding hydrogens is 316 g/mol. The smallest absolute Gasteiger partial charge is 0.282 e. The molecule has 0 aliphatic carbocycles. The Labute approximate surface area is 140 Å². The molecule has 1 aromatic carbocycles. The third kappa shape index (κ3) is 4.70. The molecule has 3 nitrogen and oxygen atoms in total. The second-order valence-electron chi connectivity index (χ2n) is 5.11. The lowest BCUT2D eigenvalue weighted by atomic mass is 10.2. The zero-order valence-corrected chi connectivity index (χ0v) is 14.1. The molecule has 5 heteroatoms. The Morgan fingerprint density at radius 1 is 1.36 bits per heavy atom.